The first-order valence-corrected chi connectivity index (χ1v) is 8.52. The minimum absolute atomic E-state index is 0.0403. The molecule has 2 aliphatic rings. The van der Waals surface area contributed by atoms with Gasteiger partial charge in [0.1, 0.15) is 0 Å². The molecule has 2 aromatic rings. The quantitative estimate of drug-likeness (QED) is 0.862. The highest BCUT2D eigenvalue weighted by Crippen LogP contribution is 2.32. The van der Waals surface area contributed by atoms with E-state index in [0.717, 1.165) is 30.5 Å². The van der Waals surface area contributed by atoms with Gasteiger partial charge in [0.15, 0.2) is 17.8 Å². The Hall–Kier alpha value is -2.78. The third kappa shape index (κ3) is 3.11. The molecule has 0 aliphatic carbocycles. The summed E-state index contributed by atoms with van der Waals surface area (Å²) in [5.41, 5.74) is 2.96. The summed E-state index contributed by atoms with van der Waals surface area (Å²) < 4.78 is 7.54. The smallest absolute Gasteiger partial charge is 0.173 e. The van der Waals surface area contributed by atoms with E-state index in [1.54, 1.807) is 16.9 Å². The molecule has 1 aromatic carbocycles. The van der Waals surface area contributed by atoms with Crippen LogP contribution in [-0.2, 0) is 11.2 Å². The monoisotopic (exact) mass is 334 g/mol. The molecule has 1 unspecified atom stereocenters. The van der Waals surface area contributed by atoms with Crippen LogP contribution in [0.2, 0.25) is 0 Å². The lowest BCUT2D eigenvalue weighted by Gasteiger charge is -2.24. The maximum absolute atomic E-state index is 12.5. The van der Waals surface area contributed by atoms with E-state index < -0.39 is 0 Å². The number of aliphatic imine (C=N–C) groups is 1. The van der Waals surface area contributed by atoms with Crippen LogP contribution in [0.15, 0.2) is 35.5 Å². The van der Waals surface area contributed by atoms with Gasteiger partial charge in [0.05, 0.1) is 29.8 Å². The maximum atomic E-state index is 12.5. The predicted octanol–water partition coefficient (Wildman–Crippen LogP) is 3.36. The Morgan fingerprint density at radius 1 is 1.36 bits per heavy atom. The molecule has 1 fully saturated rings. The van der Waals surface area contributed by atoms with Crippen LogP contribution in [0.25, 0.3) is 0 Å². The van der Waals surface area contributed by atoms with E-state index in [0.29, 0.717) is 36.4 Å². The van der Waals surface area contributed by atoms with Crippen molar-refractivity contribution in [3.63, 3.8) is 0 Å². The molecule has 0 bridgehead atoms. The maximum Gasteiger partial charge on any atom is 0.173 e. The summed E-state index contributed by atoms with van der Waals surface area (Å²) in [5.74, 6) is 0.646. The van der Waals surface area contributed by atoms with Crippen LogP contribution in [-0.4, -0.2) is 27.9 Å². The summed E-state index contributed by atoms with van der Waals surface area (Å²) in [6, 6.07) is 9.55. The first-order chi connectivity index (χ1) is 12.2. The van der Waals surface area contributed by atoms with Gasteiger partial charge < -0.3 is 4.74 Å². The lowest BCUT2D eigenvalue weighted by atomic mass is 9.98. The number of fused-ring (bicyclic) bond motifs is 1. The van der Waals surface area contributed by atoms with Crippen LogP contribution < -0.4 is 0 Å². The van der Waals surface area contributed by atoms with Gasteiger partial charge in [-0.1, -0.05) is 12.1 Å². The van der Waals surface area contributed by atoms with Crippen LogP contribution in [0.3, 0.4) is 0 Å². The second-order valence-corrected chi connectivity index (χ2v) is 6.41. The number of nitriles is 1. The highest BCUT2D eigenvalue weighted by molar-refractivity contribution is 6.15. The third-order valence-corrected chi connectivity index (χ3v) is 4.59. The standard InChI is InChI=1S/C19H18N4O2/c20-11-14-5-3-4-13(8-14)9-15-10-17(24)16-12-21-23(19(16)22-15)18-6-1-2-7-25-18/h3-5,8,12,18H,1-2,6-7,9-10H2. The van der Waals surface area contributed by atoms with Crippen LogP contribution in [0.1, 0.15) is 53.4 Å². The van der Waals surface area contributed by atoms with Crippen molar-refractivity contribution >= 4 is 17.3 Å². The Bertz CT molecular complexity index is 885. The number of rotatable bonds is 3. The molecular weight excluding hydrogens is 316 g/mol. The van der Waals surface area contributed by atoms with E-state index in [1.165, 1.54) is 0 Å². The Balaban J connectivity index is 1.64. The van der Waals surface area contributed by atoms with Crippen molar-refractivity contribution in [3.8, 4) is 6.07 Å². The average Bonchev–Trinajstić information content (AvgIpc) is 3.07. The van der Waals surface area contributed by atoms with Crippen molar-refractivity contribution in [1.29, 1.82) is 5.26 Å². The molecule has 0 amide bonds. The van der Waals surface area contributed by atoms with Crippen molar-refractivity contribution in [2.45, 2.75) is 38.3 Å². The molecular formula is C19H18N4O2. The van der Waals surface area contributed by atoms with Gasteiger partial charge in [-0.2, -0.15) is 10.4 Å². The number of hydrogen-bond acceptors (Lipinski definition) is 5. The van der Waals surface area contributed by atoms with Gasteiger partial charge in [-0.25, -0.2) is 9.67 Å². The number of benzene rings is 1. The normalized spacial score (nSPS) is 19.9. The van der Waals surface area contributed by atoms with E-state index in [2.05, 4.69) is 11.2 Å². The minimum atomic E-state index is -0.143. The Morgan fingerprint density at radius 2 is 2.28 bits per heavy atom. The largest absolute Gasteiger partial charge is 0.356 e. The van der Waals surface area contributed by atoms with Gasteiger partial charge in [-0.05, 0) is 37.0 Å². The topological polar surface area (TPSA) is 80.3 Å². The molecule has 6 nitrogen and oxygen atoms in total. The van der Waals surface area contributed by atoms with Gasteiger partial charge >= 0.3 is 0 Å². The zero-order valence-corrected chi connectivity index (χ0v) is 13.8. The highest BCUT2D eigenvalue weighted by Gasteiger charge is 2.28. The third-order valence-electron chi connectivity index (χ3n) is 4.59. The van der Waals surface area contributed by atoms with Gasteiger partial charge in [-0.15, -0.1) is 0 Å². The van der Waals surface area contributed by atoms with E-state index in [-0.39, 0.29) is 12.0 Å². The fraction of sp³-hybridized carbons (Fsp3) is 0.368. The molecule has 0 saturated carbocycles. The summed E-state index contributed by atoms with van der Waals surface area (Å²) in [6.45, 7) is 0.713. The number of ketones is 1. The number of aromatic nitrogens is 2. The molecule has 25 heavy (non-hydrogen) atoms. The highest BCUT2D eigenvalue weighted by atomic mass is 16.5. The molecule has 1 saturated heterocycles. The number of carbonyl (C=O) groups excluding carboxylic acids is 1. The number of ether oxygens (including phenoxy) is 1. The molecule has 0 spiro atoms. The predicted molar refractivity (Wildman–Crippen MR) is 92.0 cm³/mol. The van der Waals surface area contributed by atoms with Crippen molar-refractivity contribution in [1.82, 2.24) is 9.78 Å². The number of nitrogens with zero attached hydrogens (tertiary/aromatic N) is 4. The number of hydrogen-bond donors (Lipinski definition) is 0. The van der Waals surface area contributed by atoms with Crippen molar-refractivity contribution in [2.75, 3.05) is 6.61 Å². The molecule has 126 valence electrons. The number of carbonyl (C=O) groups is 1. The molecule has 0 N–H and O–H groups in total. The van der Waals surface area contributed by atoms with Crippen molar-refractivity contribution in [2.24, 2.45) is 4.99 Å². The molecule has 1 atom stereocenters. The fourth-order valence-corrected chi connectivity index (χ4v) is 3.35. The lowest BCUT2D eigenvalue weighted by Crippen LogP contribution is -2.21. The van der Waals surface area contributed by atoms with E-state index >= 15 is 0 Å². The summed E-state index contributed by atoms with van der Waals surface area (Å²) in [5, 5.41) is 13.4. The van der Waals surface area contributed by atoms with Gasteiger partial charge in [0, 0.05) is 18.7 Å². The van der Waals surface area contributed by atoms with Crippen LogP contribution in [0, 0.1) is 11.3 Å². The zero-order chi connectivity index (χ0) is 17.2. The van der Waals surface area contributed by atoms with Crippen LogP contribution in [0.4, 0.5) is 5.82 Å². The second kappa shape index (κ2) is 6.61. The molecule has 2 aliphatic heterocycles. The summed E-state index contributed by atoms with van der Waals surface area (Å²) in [7, 11) is 0. The summed E-state index contributed by atoms with van der Waals surface area (Å²) in [6.07, 6.45) is 5.34. The van der Waals surface area contributed by atoms with Gasteiger partial charge in [-0.3, -0.25) is 4.79 Å². The average molecular weight is 334 g/mol. The zero-order valence-electron chi connectivity index (χ0n) is 13.8. The van der Waals surface area contributed by atoms with Crippen LogP contribution >= 0.6 is 0 Å². The first kappa shape index (κ1) is 15.7. The molecule has 3 heterocycles. The van der Waals surface area contributed by atoms with Gasteiger partial charge in [0.2, 0.25) is 0 Å². The second-order valence-electron chi connectivity index (χ2n) is 6.41. The number of Topliss-reactive ketones (excluding diaryl/α,β-unsaturated/α-hetero) is 1. The lowest BCUT2D eigenvalue weighted by molar-refractivity contribution is -0.0383. The van der Waals surface area contributed by atoms with Crippen molar-refractivity contribution < 1.29 is 9.53 Å². The van der Waals surface area contributed by atoms with Gasteiger partial charge in [0.25, 0.3) is 0 Å². The Labute approximate surface area is 145 Å². The minimum Gasteiger partial charge on any atom is -0.356 e. The Kier molecular flexibility index (Phi) is 4.16. The van der Waals surface area contributed by atoms with E-state index in [4.69, 9.17) is 15.0 Å². The van der Waals surface area contributed by atoms with E-state index in [1.807, 2.05) is 18.2 Å². The summed E-state index contributed by atoms with van der Waals surface area (Å²) >= 11 is 0. The molecule has 0 radical (unpaired) electrons. The van der Waals surface area contributed by atoms with Crippen molar-refractivity contribution in [3.05, 3.63) is 47.2 Å². The Morgan fingerprint density at radius 3 is 3.08 bits per heavy atom. The molecule has 1 aromatic heterocycles. The molecule has 6 heteroatoms. The SMILES string of the molecule is N#Cc1cccc(CC2=Nc3c(cnn3C3CCCCO3)C(=O)C2)c1. The first-order valence-electron chi connectivity index (χ1n) is 8.52. The summed E-state index contributed by atoms with van der Waals surface area (Å²) in [4.78, 5) is 17.2. The van der Waals surface area contributed by atoms with Crippen LogP contribution in [0.5, 0.6) is 0 Å². The van der Waals surface area contributed by atoms with E-state index in [9.17, 15) is 4.79 Å². The molecule has 4 rings (SSSR count). The fourth-order valence-electron chi connectivity index (χ4n) is 3.35.